The lowest BCUT2D eigenvalue weighted by Gasteiger charge is -2.19. The second-order valence-electron chi connectivity index (χ2n) is 4.97. The van der Waals surface area contributed by atoms with Crippen molar-refractivity contribution in [3.05, 3.63) is 35.4 Å². The van der Waals surface area contributed by atoms with Crippen molar-refractivity contribution in [1.29, 1.82) is 0 Å². The fourth-order valence-corrected chi connectivity index (χ4v) is 1.47. The Morgan fingerprint density at radius 1 is 1.07 bits per heavy atom. The van der Waals surface area contributed by atoms with E-state index in [1.807, 2.05) is 0 Å². The molecule has 0 saturated carbocycles. The summed E-state index contributed by atoms with van der Waals surface area (Å²) in [7, 11) is -1.20. The molecule has 0 heterocycles. The van der Waals surface area contributed by atoms with Crippen LogP contribution in [0, 0.1) is 0 Å². The first-order chi connectivity index (χ1) is 6.89. The van der Waals surface area contributed by atoms with E-state index in [2.05, 4.69) is 45.0 Å². The Balaban J connectivity index is 2.65. The number of hydrogen-bond acceptors (Lipinski definition) is 2. The molecule has 0 saturated heterocycles. The zero-order valence-corrected chi connectivity index (χ0v) is 9.70. The second-order valence-corrected chi connectivity index (χ2v) is 4.97. The zero-order valence-electron chi connectivity index (χ0n) is 9.70. The summed E-state index contributed by atoms with van der Waals surface area (Å²) in [6.45, 7) is 6.54. The van der Waals surface area contributed by atoms with Gasteiger partial charge in [-0.25, -0.2) is 0 Å². The van der Waals surface area contributed by atoms with Crippen molar-refractivity contribution in [2.24, 2.45) is 0 Å². The van der Waals surface area contributed by atoms with Crippen LogP contribution in [0.15, 0.2) is 24.3 Å². The summed E-state index contributed by atoms with van der Waals surface area (Å²) in [5.41, 5.74) is 2.63. The van der Waals surface area contributed by atoms with Gasteiger partial charge in [0.1, 0.15) is 0 Å². The smallest absolute Gasteiger partial charge is 0.427 e. The van der Waals surface area contributed by atoms with Crippen LogP contribution in [-0.2, 0) is 11.8 Å². The van der Waals surface area contributed by atoms with Crippen molar-refractivity contribution < 1.29 is 10.0 Å². The number of hydrogen-bond donors (Lipinski definition) is 2. The van der Waals surface area contributed by atoms with Gasteiger partial charge in [0.05, 0.1) is 0 Å². The molecule has 0 radical (unpaired) electrons. The molecule has 0 amide bonds. The average molecular weight is 206 g/mol. The molecule has 2 N–H and O–H groups in total. The third kappa shape index (κ3) is 4.06. The highest BCUT2D eigenvalue weighted by molar-refractivity contribution is 6.40. The lowest BCUT2D eigenvalue weighted by molar-refractivity contribution is 0.405. The molecule has 0 aliphatic carbocycles. The maximum atomic E-state index is 8.75. The Morgan fingerprint density at radius 3 is 2.00 bits per heavy atom. The SMILES string of the molecule is CC(C)(C)c1ccc(CCB(O)O)cc1. The van der Waals surface area contributed by atoms with E-state index in [-0.39, 0.29) is 5.41 Å². The van der Waals surface area contributed by atoms with E-state index in [1.165, 1.54) is 5.56 Å². The van der Waals surface area contributed by atoms with Gasteiger partial charge in [0.25, 0.3) is 0 Å². The Hall–Kier alpha value is -0.795. The largest absolute Gasteiger partial charge is 0.451 e. The van der Waals surface area contributed by atoms with E-state index < -0.39 is 7.12 Å². The van der Waals surface area contributed by atoms with Crippen LogP contribution in [0.4, 0.5) is 0 Å². The molecular weight excluding hydrogens is 187 g/mol. The standard InChI is InChI=1S/C12H19BO2/c1-12(2,3)11-6-4-10(5-7-11)8-9-13(14)15/h4-7,14-15H,8-9H2,1-3H3. The van der Waals surface area contributed by atoms with E-state index in [9.17, 15) is 0 Å². The van der Waals surface area contributed by atoms with Crippen molar-refractivity contribution in [3.63, 3.8) is 0 Å². The van der Waals surface area contributed by atoms with E-state index in [4.69, 9.17) is 10.0 Å². The molecule has 0 spiro atoms. The first-order valence-electron chi connectivity index (χ1n) is 5.35. The quantitative estimate of drug-likeness (QED) is 0.742. The molecule has 82 valence electrons. The summed E-state index contributed by atoms with van der Waals surface area (Å²) in [6, 6.07) is 8.34. The summed E-state index contributed by atoms with van der Waals surface area (Å²) in [6.07, 6.45) is 1.11. The maximum absolute atomic E-state index is 8.75. The van der Waals surface area contributed by atoms with E-state index >= 15 is 0 Å². The van der Waals surface area contributed by atoms with Gasteiger partial charge in [-0.1, -0.05) is 45.0 Å². The van der Waals surface area contributed by atoms with E-state index in [0.717, 1.165) is 5.56 Å². The summed E-state index contributed by atoms with van der Waals surface area (Å²) in [5.74, 6) is 0. The molecule has 0 aliphatic rings. The molecule has 0 atom stereocenters. The molecule has 1 aromatic rings. The van der Waals surface area contributed by atoms with Crippen LogP contribution < -0.4 is 0 Å². The van der Waals surface area contributed by atoms with E-state index in [0.29, 0.717) is 12.7 Å². The van der Waals surface area contributed by atoms with Gasteiger partial charge < -0.3 is 10.0 Å². The Bertz CT molecular complexity index is 298. The van der Waals surface area contributed by atoms with Crippen molar-refractivity contribution in [1.82, 2.24) is 0 Å². The molecule has 1 aromatic carbocycles. The minimum atomic E-state index is -1.20. The Kier molecular flexibility index (Phi) is 3.94. The normalized spacial score (nSPS) is 11.5. The Labute approximate surface area is 92.1 Å². The van der Waals surface area contributed by atoms with Gasteiger partial charge in [0, 0.05) is 0 Å². The number of benzene rings is 1. The second kappa shape index (κ2) is 4.82. The first-order valence-corrected chi connectivity index (χ1v) is 5.35. The predicted molar refractivity (Wildman–Crippen MR) is 63.8 cm³/mol. The Morgan fingerprint density at radius 2 is 1.60 bits per heavy atom. The highest BCUT2D eigenvalue weighted by atomic mass is 16.4. The summed E-state index contributed by atoms with van der Waals surface area (Å²) in [4.78, 5) is 0. The highest BCUT2D eigenvalue weighted by Gasteiger charge is 2.13. The van der Waals surface area contributed by atoms with Crippen molar-refractivity contribution in [2.75, 3.05) is 0 Å². The molecule has 3 heteroatoms. The molecule has 0 unspecified atom stereocenters. The van der Waals surface area contributed by atoms with Crippen molar-refractivity contribution >= 4 is 7.12 Å². The fourth-order valence-electron chi connectivity index (χ4n) is 1.47. The number of aryl methyl sites for hydroxylation is 1. The third-order valence-corrected chi connectivity index (χ3v) is 2.51. The van der Waals surface area contributed by atoms with Gasteiger partial charge in [0.15, 0.2) is 0 Å². The third-order valence-electron chi connectivity index (χ3n) is 2.51. The van der Waals surface area contributed by atoms with Crippen LogP contribution in [0.25, 0.3) is 0 Å². The topological polar surface area (TPSA) is 40.5 Å². The molecule has 15 heavy (non-hydrogen) atoms. The molecule has 0 bridgehead atoms. The average Bonchev–Trinajstić information content (AvgIpc) is 2.14. The monoisotopic (exact) mass is 206 g/mol. The molecule has 0 aliphatic heterocycles. The molecule has 1 rings (SSSR count). The van der Waals surface area contributed by atoms with Gasteiger partial charge in [0.2, 0.25) is 0 Å². The zero-order chi connectivity index (χ0) is 11.5. The first kappa shape index (κ1) is 12.3. The summed E-state index contributed by atoms with van der Waals surface area (Å²) < 4.78 is 0. The summed E-state index contributed by atoms with van der Waals surface area (Å²) >= 11 is 0. The molecule has 0 aromatic heterocycles. The molecular formula is C12H19BO2. The van der Waals surface area contributed by atoms with Gasteiger partial charge in [-0.05, 0) is 29.3 Å². The van der Waals surface area contributed by atoms with Crippen LogP contribution in [-0.4, -0.2) is 17.2 Å². The van der Waals surface area contributed by atoms with E-state index in [1.54, 1.807) is 0 Å². The van der Waals surface area contributed by atoms with Crippen LogP contribution in [0.1, 0.15) is 31.9 Å². The van der Waals surface area contributed by atoms with Gasteiger partial charge in [-0.15, -0.1) is 0 Å². The van der Waals surface area contributed by atoms with Crippen LogP contribution in [0.5, 0.6) is 0 Å². The van der Waals surface area contributed by atoms with Crippen LogP contribution in [0.2, 0.25) is 6.32 Å². The highest BCUT2D eigenvalue weighted by Crippen LogP contribution is 2.22. The van der Waals surface area contributed by atoms with Gasteiger partial charge in [-0.3, -0.25) is 0 Å². The maximum Gasteiger partial charge on any atom is 0.451 e. The van der Waals surface area contributed by atoms with Gasteiger partial charge >= 0.3 is 7.12 Å². The minimum absolute atomic E-state index is 0.176. The van der Waals surface area contributed by atoms with Gasteiger partial charge in [-0.2, -0.15) is 0 Å². The van der Waals surface area contributed by atoms with Crippen molar-refractivity contribution in [2.45, 2.75) is 38.9 Å². The summed E-state index contributed by atoms with van der Waals surface area (Å²) in [5, 5.41) is 17.5. The molecule has 0 fully saturated rings. The predicted octanol–water partition coefficient (Wildman–Crippen LogP) is 2.00. The minimum Gasteiger partial charge on any atom is -0.427 e. The van der Waals surface area contributed by atoms with Crippen molar-refractivity contribution in [3.8, 4) is 0 Å². The molecule has 2 nitrogen and oxygen atoms in total. The van der Waals surface area contributed by atoms with Crippen LogP contribution in [0.3, 0.4) is 0 Å². The lowest BCUT2D eigenvalue weighted by atomic mass is 9.82. The lowest BCUT2D eigenvalue weighted by Crippen LogP contribution is -2.12. The van der Waals surface area contributed by atoms with Crippen LogP contribution >= 0.6 is 0 Å². The fraction of sp³-hybridized carbons (Fsp3) is 0.500. The number of rotatable bonds is 3.